The Bertz CT molecular complexity index is 1620. The van der Waals surface area contributed by atoms with Crippen LogP contribution in [0, 0.1) is 35.0 Å². The van der Waals surface area contributed by atoms with Gasteiger partial charge in [0.2, 0.25) is 0 Å². The molecule has 5 fully saturated rings. The van der Waals surface area contributed by atoms with Crippen LogP contribution in [0.5, 0.6) is 0 Å². The van der Waals surface area contributed by atoms with Gasteiger partial charge in [0.15, 0.2) is 11.6 Å². The first-order valence-electron chi connectivity index (χ1n) is 14.4. The average Bonchev–Trinajstić information content (AvgIpc) is 3.59. The first-order valence-corrected chi connectivity index (χ1v) is 14.4. The van der Waals surface area contributed by atoms with Crippen LogP contribution in [0.25, 0.3) is 6.08 Å². The summed E-state index contributed by atoms with van der Waals surface area (Å²) in [6, 6.07) is 18.8. The molecule has 1 spiro atoms. The fourth-order valence-corrected chi connectivity index (χ4v) is 8.69. The first-order chi connectivity index (χ1) is 20.4. The predicted molar refractivity (Wildman–Crippen MR) is 147 cm³/mol. The molecule has 7 aliphatic rings. The monoisotopic (exact) mass is 564 g/mol. The Balaban J connectivity index is 1.28. The number of aliphatic hydroxyl groups excluding tert-OH is 1. The van der Waals surface area contributed by atoms with E-state index in [1.807, 2.05) is 66.7 Å². The van der Waals surface area contributed by atoms with E-state index in [9.17, 15) is 24.3 Å². The van der Waals surface area contributed by atoms with Crippen LogP contribution in [0.3, 0.4) is 0 Å². The van der Waals surface area contributed by atoms with E-state index >= 15 is 0 Å². The third-order valence-electron chi connectivity index (χ3n) is 10.2. The Morgan fingerprint density at radius 1 is 0.833 bits per heavy atom. The maximum atomic E-state index is 14.7. The van der Waals surface area contributed by atoms with E-state index in [4.69, 9.17) is 14.2 Å². The molecule has 0 amide bonds. The van der Waals surface area contributed by atoms with Crippen LogP contribution in [-0.2, 0) is 33.4 Å². The molecule has 9 rings (SSSR count). The van der Waals surface area contributed by atoms with E-state index in [2.05, 4.69) is 0 Å². The molecule has 2 aromatic carbocycles. The summed E-state index contributed by atoms with van der Waals surface area (Å²) in [6.45, 7) is 0. The number of rotatable bonds is 3. The van der Waals surface area contributed by atoms with Gasteiger partial charge in [0.05, 0.1) is 12.8 Å². The van der Waals surface area contributed by atoms with E-state index in [1.165, 1.54) is 6.08 Å². The van der Waals surface area contributed by atoms with Crippen molar-refractivity contribution < 1.29 is 38.5 Å². The minimum absolute atomic E-state index is 0.00701. The molecule has 0 aromatic heterocycles. The second kappa shape index (κ2) is 9.02. The highest BCUT2D eigenvalue weighted by atomic mass is 16.6. The van der Waals surface area contributed by atoms with Gasteiger partial charge >= 0.3 is 11.9 Å². The van der Waals surface area contributed by atoms with Crippen LogP contribution in [0.2, 0.25) is 0 Å². The van der Waals surface area contributed by atoms with Gasteiger partial charge in [-0.15, -0.1) is 0 Å². The van der Waals surface area contributed by atoms with Crippen LogP contribution in [0.15, 0.2) is 89.9 Å². The molecule has 8 nitrogen and oxygen atoms in total. The summed E-state index contributed by atoms with van der Waals surface area (Å²) < 4.78 is 18.2. The number of ketones is 2. The highest BCUT2D eigenvalue weighted by molar-refractivity contribution is 6.07. The molecule has 8 heteroatoms. The van der Waals surface area contributed by atoms with Crippen molar-refractivity contribution in [3.63, 3.8) is 0 Å². The molecular weight excluding hydrogens is 536 g/mol. The molecule has 4 aliphatic carbocycles. The molecular formula is C34H28O8. The molecule has 0 unspecified atom stereocenters. The predicted octanol–water partition coefficient (Wildman–Crippen LogP) is 4.43. The minimum atomic E-state index is -1.45. The smallest absolute Gasteiger partial charge is 0.306 e. The highest BCUT2D eigenvalue weighted by Gasteiger charge is 2.77. The number of carbonyl (C=O) groups excluding carboxylic acids is 4. The SMILES string of the molecule is O=C1C[C@@H]2/C(=C(O)\C=C/c3ccccc3)C(=O)[C@@H]3[C@@H]([C@@H]4C=C5O[C@H](c6ccccc6)CC(=O)[C@@]53[C@H]3CC(=O)O[C@@H]43)[C@@H]2O1. The van der Waals surface area contributed by atoms with Crippen molar-refractivity contribution >= 4 is 29.6 Å². The largest absolute Gasteiger partial charge is 0.508 e. The lowest BCUT2D eigenvalue weighted by atomic mass is 9.41. The lowest BCUT2D eigenvalue weighted by Crippen LogP contribution is -2.69. The molecule has 2 bridgehead atoms. The van der Waals surface area contributed by atoms with Gasteiger partial charge in [0.1, 0.15) is 35.2 Å². The van der Waals surface area contributed by atoms with Crippen LogP contribution in [-0.4, -0.2) is 40.8 Å². The Morgan fingerprint density at radius 2 is 1.52 bits per heavy atom. The zero-order valence-corrected chi connectivity index (χ0v) is 22.6. The van der Waals surface area contributed by atoms with Crippen molar-refractivity contribution in [3.05, 3.63) is 101 Å². The average molecular weight is 565 g/mol. The standard InChI is InChI=1S/C34H28O8/c35-22(12-11-17-7-3-1-4-8-17)28-20-14-26(37)42-33(20)29-19-13-25-34(30(29)31(28)39,21-15-27(38)41-32(19)21)24(36)16-23(40-25)18-9-5-2-6-10-18/h1-13,19-21,23,29-30,32-33,35H,14-16H2/b12-11-,28-22-/t19-,20+,21-,23-,29+,30-,32-,33+,34-/m0/s1. The summed E-state index contributed by atoms with van der Waals surface area (Å²) in [7, 11) is 0. The van der Waals surface area contributed by atoms with Gasteiger partial charge < -0.3 is 19.3 Å². The van der Waals surface area contributed by atoms with Gasteiger partial charge in [-0.05, 0) is 23.3 Å². The molecule has 42 heavy (non-hydrogen) atoms. The van der Waals surface area contributed by atoms with Crippen molar-refractivity contribution in [3.8, 4) is 0 Å². The van der Waals surface area contributed by atoms with E-state index < -0.39 is 71.0 Å². The van der Waals surface area contributed by atoms with Crippen molar-refractivity contribution in [2.75, 3.05) is 0 Å². The van der Waals surface area contributed by atoms with Crippen LogP contribution >= 0.6 is 0 Å². The topological polar surface area (TPSA) is 116 Å². The fourth-order valence-electron chi connectivity index (χ4n) is 8.69. The van der Waals surface area contributed by atoms with Gasteiger partial charge in [-0.1, -0.05) is 66.7 Å². The molecule has 212 valence electrons. The summed E-state index contributed by atoms with van der Waals surface area (Å²) in [6.07, 6.45) is 3.09. The molecule has 9 atom stereocenters. The Labute approximate surface area is 241 Å². The fraction of sp³-hybridized carbons (Fsp3) is 0.353. The zero-order valence-electron chi connectivity index (χ0n) is 22.6. The van der Waals surface area contributed by atoms with Crippen molar-refractivity contribution in [2.24, 2.45) is 35.0 Å². The number of fused-ring (bicyclic) bond motifs is 1. The van der Waals surface area contributed by atoms with Gasteiger partial charge in [0, 0.05) is 41.6 Å². The van der Waals surface area contributed by atoms with Gasteiger partial charge in [-0.2, -0.15) is 0 Å². The van der Waals surface area contributed by atoms with Crippen molar-refractivity contribution in [1.82, 2.24) is 0 Å². The second-order valence-corrected chi connectivity index (χ2v) is 12.1. The molecule has 2 saturated carbocycles. The molecule has 3 heterocycles. The third-order valence-corrected chi connectivity index (χ3v) is 10.2. The number of hydrogen-bond donors (Lipinski definition) is 1. The highest BCUT2D eigenvalue weighted by Crippen LogP contribution is 2.70. The molecule has 3 saturated heterocycles. The number of allylic oxidation sites excluding steroid dienone is 2. The first kappa shape index (κ1) is 25.3. The number of hydrogen-bond acceptors (Lipinski definition) is 8. The summed E-state index contributed by atoms with van der Waals surface area (Å²) in [5, 5.41) is 11.4. The lowest BCUT2D eigenvalue weighted by molar-refractivity contribution is -0.197. The third kappa shape index (κ3) is 3.35. The minimum Gasteiger partial charge on any atom is -0.508 e. The van der Waals surface area contributed by atoms with Gasteiger partial charge in [0.25, 0.3) is 0 Å². The quantitative estimate of drug-likeness (QED) is 0.331. The van der Waals surface area contributed by atoms with Crippen molar-refractivity contribution in [2.45, 2.75) is 37.6 Å². The summed E-state index contributed by atoms with van der Waals surface area (Å²) in [4.78, 5) is 54.7. The number of ether oxygens (including phenoxy) is 3. The maximum absolute atomic E-state index is 14.7. The zero-order chi connectivity index (χ0) is 28.7. The number of Topliss-reactive ketones (excluding diaryl/α,β-unsaturated/α-hetero) is 2. The number of benzene rings is 2. The normalized spacial score (nSPS) is 39.0. The summed E-state index contributed by atoms with van der Waals surface area (Å²) >= 11 is 0. The second-order valence-electron chi connectivity index (χ2n) is 12.1. The lowest BCUT2D eigenvalue weighted by Gasteiger charge is -2.62. The summed E-state index contributed by atoms with van der Waals surface area (Å²) in [5.74, 6) is -4.59. The van der Waals surface area contributed by atoms with Crippen molar-refractivity contribution in [1.29, 1.82) is 0 Å². The summed E-state index contributed by atoms with van der Waals surface area (Å²) in [5.41, 5.74) is 0.320. The van der Waals surface area contributed by atoms with Crippen LogP contribution in [0.4, 0.5) is 0 Å². The number of carbonyl (C=O) groups is 4. The molecule has 0 radical (unpaired) electrons. The number of esters is 2. The Morgan fingerprint density at radius 3 is 2.29 bits per heavy atom. The Hall–Kier alpha value is -4.46. The maximum Gasteiger partial charge on any atom is 0.306 e. The molecule has 2 aromatic rings. The van der Waals surface area contributed by atoms with E-state index in [1.54, 1.807) is 6.08 Å². The van der Waals surface area contributed by atoms with Crippen LogP contribution < -0.4 is 0 Å². The molecule has 1 N–H and O–H groups in total. The van der Waals surface area contributed by atoms with E-state index in [0.717, 1.165) is 11.1 Å². The van der Waals surface area contributed by atoms with E-state index in [0.29, 0.717) is 5.76 Å². The Kier molecular flexibility index (Phi) is 5.42. The van der Waals surface area contributed by atoms with E-state index in [-0.39, 0.29) is 36.4 Å². The number of aliphatic hydroxyl groups is 1. The van der Waals surface area contributed by atoms with Gasteiger partial charge in [-0.25, -0.2) is 0 Å². The molecule has 3 aliphatic heterocycles. The van der Waals surface area contributed by atoms with Gasteiger partial charge in [-0.3, -0.25) is 19.2 Å². The van der Waals surface area contributed by atoms with Crippen LogP contribution in [0.1, 0.15) is 36.5 Å².